The lowest BCUT2D eigenvalue weighted by Crippen LogP contribution is -2.27. The highest BCUT2D eigenvalue weighted by Crippen LogP contribution is 2.21. The molecule has 1 atom stereocenters. The van der Waals surface area contributed by atoms with Crippen molar-refractivity contribution in [1.29, 1.82) is 0 Å². The number of aryl methyl sites for hydroxylation is 1. The van der Waals surface area contributed by atoms with Gasteiger partial charge >= 0.3 is 0 Å². The minimum atomic E-state index is -0.317. The van der Waals surface area contributed by atoms with Crippen molar-refractivity contribution in [1.82, 2.24) is 25.5 Å². The molecule has 0 aliphatic heterocycles. The van der Waals surface area contributed by atoms with E-state index in [9.17, 15) is 4.79 Å². The van der Waals surface area contributed by atoms with Crippen LogP contribution in [0.25, 0.3) is 22.4 Å². The number of hydrogen-bond donors (Lipinski definition) is 2. The Balaban J connectivity index is 1.51. The predicted molar refractivity (Wildman–Crippen MR) is 96.4 cm³/mol. The summed E-state index contributed by atoms with van der Waals surface area (Å²) in [5.41, 5.74) is 2.15. The van der Waals surface area contributed by atoms with E-state index in [4.69, 9.17) is 4.42 Å². The molecule has 7 heteroatoms. The number of hydrogen-bond acceptors (Lipinski definition) is 5. The fourth-order valence-electron chi connectivity index (χ4n) is 2.76. The molecule has 0 aliphatic carbocycles. The molecule has 1 amide bonds. The Bertz CT molecular complexity index is 1070. The highest BCUT2D eigenvalue weighted by atomic mass is 16.3. The van der Waals surface area contributed by atoms with E-state index in [0.717, 1.165) is 22.3 Å². The number of H-pyrrole nitrogens is 1. The molecule has 0 aliphatic rings. The fraction of sp³-hybridized carbons (Fsp3) is 0.158. The summed E-state index contributed by atoms with van der Waals surface area (Å²) in [4.78, 5) is 21.0. The van der Waals surface area contributed by atoms with Crippen molar-refractivity contribution < 1.29 is 9.21 Å². The molecule has 130 valence electrons. The Morgan fingerprint density at radius 2 is 2.15 bits per heavy atom. The van der Waals surface area contributed by atoms with Crippen molar-refractivity contribution in [3.63, 3.8) is 0 Å². The number of carbonyl (C=O) groups is 1. The highest BCUT2D eigenvalue weighted by Gasteiger charge is 2.16. The quantitative estimate of drug-likeness (QED) is 0.590. The Labute approximate surface area is 149 Å². The van der Waals surface area contributed by atoms with Crippen LogP contribution in [-0.4, -0.2) is 26.1 Å². The molecular formula is C19H17N5O2. The number of benzene rings is 1. The lowest BCUT2D eigenvalue weighted by atomic mass is 10.1. The molecule has 4 rings (SSSR count). The maximum atomic E-state index is 12.5. The summed E-state index contributed by atoms with van der Waals surface area (Å²) < 4.78 is 5.54. The van der Waals surface area contributed by atoms with Gasteiger partial charge in [-0.25, -0.2) is 4.98 Å². The molecule has 1 aromatic carbocycles. The average molecular weight is 347 g/mol. The number of aromatic amines is 1. The van der Waals surface area contributed by atoms with E-state index in [1.54, 1.807) is 24.5 Å². The second-order valence-corrected chi connectivity index (χ2v) is 6.09. The third-order valence-corrected chi connectivity index (χ3v) is 4.08. The summed E-state index contributed by atoms with van der Waals surface area (Å²) in [6.45, 7) is 3.73. The number of fused-ring (bicyclic) bond motifs is 1. The Morgan fingerprint density at radius 3 is 2.96 bits per heavy atom. The summed E-state index contributed by atoms with van der Waals surface area (Å²) in [6.07, 6.45) is 3.39. The number of nitrogens with one attached hydrogen (secondary N) is 2. The predicted octanol–water partition coefficient (Wildman–Crippen LogP) is 3.41. The molecule has 2 N–H and O–H groups in total. The summed E-state index contributed by atoms with van der Waals surface area (Å²) in [7, 11) is 0. The first-order valence-corrected chi connectivity index (χ1v) is 8.24. The van der Waals surface area contributed by atoms with Gasteiger partial charge in [0.25, 0.3) is 5.91 Å². The number of rotatable bonds is 4. The van der Waals surface area contributed by atoms with Crippen LogP contribution in [0.1, 0.15) is 34.9 Å². The van der Waals surface area contributed by atoms with Crippen LogP contribution in [-0.2, 0) is 0 Å². The van der Waals surface area contributed by atoms with Crippen LogP contribution in [0.15, 0.2) is 53.2 Å². The minimum absolute atomic E-state index is 0.183. The number of pyridine rings is 1. The standard InChI is InChI=1S/C19H17N5O2/c1-11-8-15-9-13(5-6-16(15)26-11)19(25)21-12(2)17-22-18(24-23-17)14-4-3-7-20-10-14/h3-10,12H,1-2H3,(H,21,25)(H,22,23,24)/t12-/m1/s1. The van der Waals surface area contributed by atoms with Gasteiger partial charge in [-0.15, -0.1) is 0 Å². The first-order valence-electron chi connectivity index (χ1n) is 8.24. The van der Waals surface area contributed by atoms with Crippen molar-refractivity contribution in [3.8, 4) is 11.4 Å². The van der Waals surface area contributed by atoms with Crippen LogP contribution < -0.4 is 5.32 Å². The van der Waals surface area contributed by atoms with Crippen LogP contribution in [0, 0.1) is 6.92 Å². The van der Waals surface area contributed by atoms with Gasteiger partial charge in [-0.3, -0.25) is 14.9 Å². The molecule has 0 spiro atoms. The van der Waals surface area contributed by atoms with Gasteiger partial charge in [0.1, 0.15) is 17.2 Å². The molecule has 3 heterocycles. The molecule has 0 saturated carbocycles. The van der Waals surface area contributed by atoms with Gasteiger partial charge in [0.15, 0.2) is 5.82 Å². The van der Waals surface area contributed by atoms with Crippen molar-refractivity contribution in [2.24, 2.45) is 0 Å². The van der Waals surface area contributed by atoms with E-state index in [2.05, 4.69) is 25.5 Å². The van der Waals surface area contributed by atoms with Gasteiger partial charge in [-0.05, 0) is 50.2 Å². The van der Waals surface area contributed by atoms with E-state index >= 15 is 0 Å². The van der Waals surface area contributed by atoms with E-state index < -0.39 is 0 Å². The number of carbonyl (C=O) groups excluding carboxylic acids is 1. The van der Waals surface area contributed by atoms with Gasteiger partial charge in [-0.1, -0.05) is 0 Å². The first-order chi connectivity index (χ1) is 12.6. The topological polar surface area (TPSA) is 96.7 Å². The Hall–Kier alpha value is -3.48. The SMILES string of the molecule is Cc1cc2cc(C(=O)N[C@H](C)c3nc(-c4cccnc4)n[nH]3)ccc2o1. The zero-order valence-corrected chi connectivity index (χ0v) is 14.4. The number of aromatic nitrogens is 4. The number of furan rings is 1. The molecule has 0 radical (unpaired) electrons. The van der Waals surface area contributed by atoms with Crippen LogP contribution >= 0.6 is 0 Å². The maximum Gasteiger partial charge on any atom is 0.251 e. The van der Waals surface area contributed by atoms with Crippen molar-refractivity contribution in [3.05, 3.63) is 65.9 Å². The van der Waals surface area contributed by atoms with E-state index in [1.807, 2.05) is 38.1 Å². The van der Waals surface area contributed by atoms with Crippen LogP contribution in [0.5, 0.6) is 0 Å². The van der Waals surface area contributed by atoms with Crippen LogP contribution in [0.2, 0.25) is 0 Å². The molecule has 3 aromatic heterocycles. The molecule has 0 unspecified atom stereocenters. The largest absolute Gasteiger partial charge is 0.461 e. The van der Waals surface area contributed by atoms with Crippen LogP contribution in [0.4, 0.5) is 0 Å². The summed E-state index contributed by atoms with van der Waals surface area (Å²) >= 11 is 0. The molecule has 4 aromatic rings. The molecule has 0 bridgehead atoms. The fourth-order valence-corrected chi connectivity index (χ4v) is 2.76. The average Bonchev–Trinajstić information content (AvgIpc) is 3.27. The van der Waals surface area contributed by atoms with E-state index in [1.165, 1.54) is 0 Å². The summed E-state index contributed by atoms with van der Waals surface area (Å²) in [5.74, 6) is 1.76. The Kier molecular flexibility index (Phi) is 3.96. The second-order valence-electron chi connectivity index (χ2n) is 6.09. The van der Waals surface area contributed by atoms with Gasteiger partial charge < -0.3 is 9.73 Å². The van der Waals surface area contributed by atoms with Crippen LogP contribution in [0.3, 0.4) is 0 Å². The highest BCUT2D eigenvalue weighted by molar-refractivity contribution is 5.98. The zero-order valence-electron chi connectivity index (χ0n) is 14.4. The minimum Gasteiger partial charge on any atom is -0.461 e. The van der Waals surface area contributed by atoms with E-state index in [0.29, 0.717) is 17.2 Å². The molecule has 26 heavy (non-hydrogen) atoms. The normalized spacial score (nSPS) is 12.2. The van der Waals surface area contributed by atoms with E-state index in [-0.39, 0.29) is 11.9 Å². The second kappa shape index (κ2) is 6.44. The number of nitrogens with zero attached hydrogens (tertiary/aromatic N) is 3. The zero-order chi connectivity index (χ0) is 18.1. The molecule has 7 nitrogen and oxygen atoms in total. The van der Waals surface area contributed by atoms with Crippen molar-refractivity contribution >= 4 is 16.9 Å². The number of amides is 1. The molecular weight excluding hydrogens is 330 g/mol. The monoisotopic (exact) mass is 347 g/mol. The smallest absolute Gasteiger partial charge is 0.251 e. The molecule has 0 fully saturated rings. The lowest BCUT2D eigenvalue weighted by Gasteiger charge is -2.11. The van der Waals surface area contributed by atoms with Crippen molar-refractivity contribution in [2.75, 3.05) is 0 Å². The Morgan fingerprint density at radius 1 is 1.27 bits per heavy atom. The summed E-state index contributed by atoms with van der Waals surface area (Å²) in [5, 5.41) is 10.9. The van der Waals surface area contributed by atoms with Gasteiger partial charge in [0, 0.05) is 28.9 Å². The maximum absolute atomic E-state index is 12.5. The summed E-state index contributed by atoms with van der Waals surface area (Å²) in [6, 6.07) is 10.7. The first kappa shape index (κ1) is 16.0. The molecule has 0 saturated heterocycles. The third kappa shape index (κ3) is 3.06. The third-order valence-electron chi connectivity index (χ3n) is 4.08. The van der Waals surface area contributed by atoms with Crippen molar-refractivity contribution in [2.45, 2.75) is 19.9 Å². The van der Waals surface area contributed by atoms with Gasteiger partial charge in [0.05, 0.1) is 6.04 Å². The van der Waals surface area contributed by atoms with Gasteiger partial charge in [-0.2, -0.15) is 5.10 Å². The lowest BCUT2D eigenvalue weighted by molar-refractivity contribution is 0.0938. The van der Waals surface area contributed by atoms with Gasteiger partial charge in [0.2, 0.25) is 0 Å².